The van der Waals surface area contributed by atoms with Crippen molar-refractivity contribution in [1.82, 2.24) is 14.8 Å². The third-order valence-electron chi connectivity index (χ3n) is 6.78. The van der Waals surface area contributed by atoms with Crippen LogP contribution in [0.25, 0.3) is 10.8 Å². The molecule has 3 aromatic carbocycles. The Morgan fingerprint density at radius 1 is 0.969 bits per heavy atom. The highest BCUT2D eigenvalue weighted by Gasteiger charge is 2.29. The van der Waals surface area contributed by atoms with Gasteiger partial charge in [0.25, 0.3) is 0 Å². The molecule has 0 N–H and O–H groups in total. The molecule has 1 heterocycles. The molecule has 1 unspecified atom stereocenters. The van der Waals surface area contributed by atoms with Gasteiger partial charge in [0.15, 0.2) is 0 Å². The van der Waals surface area contributed by atoms with Crippen LogP contribution in [0.1, 0.15) is 60.4 Å². The number of hydrogen-bond acceptors (Lipinski definition) is 3. The van der Waals surface area contributed by atoms with E-state index in [0.717, 1.165) is 42.0 Å². The van der Waals surface area contributed by atoms with Gasteiger partial charge in [0.1, 0.15) is 17.4 Å². The Morgan fingerprint density at radius 3 is 2.41 bits per heavy atom. The van der Waals surface area contributed by atoms with Crippen LogP contribution in [0, 0.1) is 0 Å². The van der Waals surface area contributed by atoms with Gasteiger partial charge in [-0.05, 0) is 47.2 Å². The molecule has 0 saturated carbocycles. The highest BCUT2D eigenvalue weighted by molar-refractivity contribution is 5.91. The Labute approximate surface area is 189 Å². The third kappa shape index (κ3) is 3.86. The second kappa shape index (κ2) is 8.70. The number of nitrogens with zero attached hydrogens (tertiary/aromatic N) is 3. The largest absolute Gasteiger partial charge is 0.315 e. The van der Waals surface area contributed by atoms with E-state index in [2.05, 4.69) is 77.1 Å². The average molecular weight is 424 g/mol. The average Bonchev–Trinajstić information content (AvgIpc) is 3.43. The molecule has 0 bridgehead atoms. The van der Waals surface area contributed by atoms with E-state index in [0.29, 0.717) is 18.8 Å². The van der Waals surface area contributed by atoms with Crippen LogP contribution in [0.4, 0.5) is 0 Å². The Balaban J connectivity index is 1.31. The lowest BCUT2D eigenvalue weighted by Crippen LogP contribution is -2.15. The molecule has 4 aromatic rings. The first-order valence-corrected chi connectivity index (χ1v) is 11.6. The van der Waals surface area contributed by atoms with E-state index in [1.165, 1.54) is 16.5 Å². The van der Waals surface area contributed by atoms with Gasteiger partial charge in [-0.1, -0.05) is 73.7 Å². The zero-order valence-electron chi connectivity index (χ0n) is 18.8. The van der Waals surface area contributed by atoms with E-state index in [4.69, 9.17) is 0 Å². The summed E-state index contributed by atoms with van der Waals surface area (Å²) in [5, 5.41) is 11.5. The minimum absolute atomic E-state index is 0.0439. The van der Waals surface area contributed by atoms with Gasteiger partial charge in [0.05, 0.1) is 0 Å². The van der Waals surface area contributed by atoms with Gasteiger partial charge >= 0.3 is 0 Å². The molecule has 1 aliphatic carbocycles. The number of aromatic nitrogens is 3. The van der Waals surface area contributed by atoms with Crippen LogP contribution in [0.3, 0.4) is 0 Å². The SMILES string of the molecule is CCn1c(C(C)CC(=O)Cc2cccc3ccccc23)nnc1C1Cc2ccccc2C1. The highest BCUT2D eigenvalue weighted by atomic mass is 16.1. The number of Topliss-reactive ketones (excluding diaryl/α,β-unsaturated/α-hetero) is 1. The number of benzene rings is 3. The third-order valence-corrected chi connectivity index (χ3v) is 6.78. The normalized spacial score (nSPS) is 14.6. The first-order chi connectivity index (χ1) is 15.6. The minimum atomic E-state index is 0.0439. The summed E-state index contributed by atoms with van der Waals surface area (Å²) in [4.78, 5) is 13.0. The lowest BCUT2D eigenvalue weighted by atomic mass is 9.96. The number of fused-ring (bicyclic) bond motifs is 2. The zero-order chi connectivity index (χ0) is 22.1. The van der Waals surface area contributed by atoms with Gasteiger partial charge in [-0.2, -0.15) is 0 Å². The Morgan fingerprint density at radius 2 is 1.66 bits per heavy atom. The molecule has 4 heteroatoms. The first-order valence-electron chi connectivity index (χ1n) is 11.6. The maximum Gasteiger partial charge on any atom is 0.138 e. The van der Waals surface area contributed by atoms with Gasteiger partial charge < -0.3 is 4.57 Å². The van der Waals surface area contributed by atoms with Crippen LogP contribution in [-0.2, 0) is 30.6 Å². The van der Waals surface area contributed by atoms with Crippen molar-refractivity contribution in [2.24, 2.45) is 0 Å². The molecule has 0 spiro atoms. The minimum Gasteiger partial charge on any atom is -0.315 e. The Hall–Kier alpha value is -3.27. The van der Waals surface area contributed by atoms with Crippen LogP contribution >= 0.6 is 0 Å². The summed E-state index contributed by atoms with van der Waals surface area (Å²) in [6.07, 6.45) is 2.97. The van der Waals surface area contributed by atoms with Crippen molar-refractivity contribution < 1.29 is 4.79 Å². The number of carbonyl (C=O) groups is 1. The number of rotatable bonds is 7. The van der Waals surface area contributed by atoms with Gasteiger partial charge in [0.2, 0.25) is 0 Å². The molecule has 0 saturated heterocycles. The van der Waals surface area contributed by atoms with E-state index in [1.54, 1.807) is 0 Å². The standard InChI is InChI=1S/C28H29N3O/c1-3-31-27(29-30-28(31)24-16-21-10-4-5-11-22(21)17-24)19(2)15-25(32)18-23-13-8-12-20-9-6-7-14-26(20)23/h4-14,19,24H,3,15-18H2,1-2H3. The van der Waals surface area contributed by atoms with E-state index in [9.17, 15) is 4.79 Å². The van der Waals surface area contributed by atoms with Crippen LogP contribution in [-0.4, -0.2) is 20.5 Å². The number of hydrogen-bond donors (Lipinski definition) is 0. The van der Waals surface area contributed by atoms with E-state index in [-0.39, 0.29) is 11.7 Å². The fourth-order valence-corrected chi connectivity index (χ4v) is 5.22. The summed E-state index contributed by atoms with van der Waals surface area (Å²) >= 11 is 0. The predicted molar refractivity (Wildman–Crippen MR) is 128 cm³/mol. The molecule has 4 nitrogen and oxygen atoms in total. The number of ketones is 1. The molecule has 0 aliphatic heterocycles. The molecular weight excluding hydrogens is 394 g/mol. The van der Waals surface area contributed by atoms with Crippen molar-refractivity contribution in [2.75, 3.05) is 0 Å². The maximum absolute atomic E-state index is 13.0. The summed E-state index contributed by atoms with van der Waals surface area (Å²) in [7, 11) is 0. The van der Waals surface area contributed by atoms with Crippen molar-refractivity contribution >= 4 is 16.6 Å². The summed E-state index contributed by atoms with van der Waals surface area (Å²) in [6.45, 7) is 5.07. The molecule has 1 aromatic heterocycles. The van der Waals surface area contributed by atoms with Gasteiger partial charge in [-0.15, -0.1) is 10.2 Å². The molecule has 5 rings (SSSR count). The second-order valence-electron chi connectivity index (χ2n) is 8.99. The molecule has 0 fully saturated rings. The fraction of sp³-hybridized carbons (Fsp3) is 0.321. The summed E-state index contributed by atoms with van der Waals surface area (Å²) in [5.41, 5.74) is 3.94. The van der Waals surface area contributed by atoms with Crippen LogP contribution in [0.15, 0.2) is 66.7 Å². The van der Waals surface area contributed by atoms with Gasteiger partial charge in [0, 0.05) is 31.2 Å². The zero-order valence-corrected chi connectivity index (χ0v) is 18.8. The van der Waals surface area contributed by atoms with Gasteiger partial charge in [-0.3, -0.25) is 4.79 Å². The van der Waals surface area contributed by atoms with E-state index in [1.807, 2.05) is 18.2 Å². The monoisotopic (exact) mass is 423 g/mol. The summed E-state index contributed by atoms with van der Waals surface area (Å²) < 4.78 is 2.24. The second-order valence-corrected chi connectivity index (χ2v) is 8.99. The number of carbonyl (C=O) groups excluding carboxylic acids is 1. The van der Waals surface area contributed by atoms with E-state index >= 15 is 0 Å². The van der Waals surface area contributed by atoms with Crippen molar-refractivity contribution in [3.05, 3.63) is 95.1 Å². The molecule has 0 amide bonds. The molecular formula is C28H29N3O. The van der Waals surface area contributed by atoms with Crippen molar-refractivity contribution in [1.29, 1.82) is 0 Å². The molecule has 1 aliphatic rings. The predicted octanol–water partition coefficient (Wildman–Crippen LogP) is 5.64. The molecule has 162 valence electrons. The lowest BCUT2D eigenvalue weighted by molar-refractivity contribution is -0.118. The smallest absolute Gasteiger partial charge is 0.138 e. The van der Waals surface area contributed by atoms with Crippen LogP contribution in [0.2, 0.25) is 0 Å². The van der Waals surface area contributed by atoms with Crippen LogP contribution < -0.4 is 0 Å². The first kappa shape index (κ1) is 20.6. The maximum atomic E-state index is 13.0. The molecule has 0 radical (unpaired) electrons. The van der Waals surface area contributed by atoms with Crippen molar-refractivity contribution in [2.45, 2.75) is 57.9 Å². The Kier molecular flexibility index (Phi) is 5.60. The van der Waals surface area contributed by atoms with Crippen LogP contribution in [0.5, 0.6) is 0 Å². The summed E-state index contributed by atoms with van der Waals surface area (Å²) in [5.74, 6) is 2.65. The van der Waals surface area contributed by atoms with E-state index < -0.39 is 0 Å². The van der Waals surface area contributed by atoms with Gasteiger partial charge in [-0.25, -0.2) is 0 Å². The van der Waals surface area contributed by atoms with Crippen molar-refractivity contribution in [3.63, 3.8) is 0 Å². The van der Waals surface area contributed by atoms with Crippen molar-refractivity contribution in [3.8, 4) is 0 Å². The Bertz CT molecular complexity index is 1240. The highest BCUT2D eigenvalue weighted by Crippen LogP contribution is 2.34. The molecule has 1 atom stereocenters. The quantitative estimate of drug-likeness (QED) is 0.386. The topological polar surface area (TPSA) is 47.8 Å². The molecule has 32 heavy (non-hydrogen) atoms. The lowest BCUT2D eigenvalue weighted by Gasteiger charge is -2.15. The summed E-state index contributed by atoms with van der Waals surface area (Å²) in [6, 6.07) is 23.1. The fourth-order valence-electron chi connectivity index (χ4n) is 5.22.